The second kappa shape index (κ2) is 7.11. The molecule has 1 aromatic carbocycles. The first kappa shape index (κ1) is 16.8. The molecule has 1 aliphatic heterocycles. The summed E-state index contributed by atoms with van der Waals surface area (Å²) < 4.78 is 53.9. The number of nitrogens with one attached hydrogen (secondary N) is 1. The van der Waals surface area contributed by atoms with E-state index in [0.717, 1.165) is 31.7 Å². The average Bonchev–Trinajstić information content (AvgIpc) is 2.50. The van der Waals surface area contributed by atoms with Crippen LogP contribution in [0.4, 0.5) is 17.6 Å². The number of piperazine rings is 1. The minimum absolute atomic E-state index is 0.0493. The smallest absolute Gasteiger partial charge is 0.428 e. The molecule has 1 N–H and O–H groups in total. The lowest BCUT2D eigenvalue weighted by atomic mass is 10.0. The lowest BCUT2D eigenvalue weighted by Crippen LogP contribution is -2.44. The maximum atomic E-state index is 12.8. The normalized spacial score (nSPS) is 18.2. The molecule has 0 spiro atoms. The highest BCUT2D eigenvalue weighted by molar-refractivity contribution is 5.31. The van der Waals surface area contributed by atoms with Crippen molar-refractivity contribution in [3.63, 3.8) is 0 Å². The van der Waals surface area contributed by atoms with Crippen LogP contribution in [0.2, 0.25) is 0 Å². The molecule has 22 heavy (non-hydrogen) atoms. The highest BCUT2D eigenvalue weighted by Crippen LogP contribution is 2.29. The van der Waals surface area contributed by atoms with Crippen LogP contribution in [0.1, 0.15) is 11.6 Å². The predicted molar refractivity (Wildman–Crippen MR) is 75.4 cm³/mol. The molecule has 122 valence electrons. The molecule has 1 saturated heterocycles. The molecule has 2 rings (SSSR count). The van der Waals surface area contributed by atoms with Crippen LogP contribution in [-0.4, -0.2) is 43.6 Å². The number of hydrogen-bond acceptors (Lipinski definition) is 3. The van der Waals surface area contributed by atoms with Gasteiger partial charge in [-0.1, -0.05) is 18.2 Å². The summed E-state index contributed by atoms with van der Waals surface area (Å²) in [5.74, 6) is -0.294. The molecule has 0 bridgehead atoms. The summed E-state index contributed by atoms with van der Waals surface area (Å²) in [6.07, 6.45) is -6.58. The Kier molecular flexibility index (Phi) is 5.42. The Morgan fingerprint density at radius 2 is 1.77 bits per heavy atom. The van der Waals surface area contributed by atoms with Gasteiger partial charge in [-0.3, -0.25) is 4.90 Å². The van der Waals surface area contributed by atoms with Crippen molar-refractivity contribution in [3.8, 4) is 5.75 Å². The maximum absolute atomic E-state index is 12.8. The van der Waals surface area contributed by atoms with Crippen LogP contribution in [0.5, 0.6) is 5.75 Å². The van der Waals surface area contributed by atoms with Crippen LogP contribution in [0, 0.1) is 0 Å². The lowest BCUT2D eigenvalue weighted by molar-refractivity contribution is -0.253. The second-order valence-corrected chi connectivity index (χ2v) is 5.00. The van der Waals surface area contributed by atoms with Gasteiger partial charge in [0.15, 0.2) is 0 Å². The predicted octanol–water partition coefficient (Wildman–Crippen LogP) is 3.06. The van der Waals surface area contributed by atoms with Gasteiger partial charge >= 0.3 is 12.5 Å². The Labute approximate surface area is 126 Å². The summed E-state index contributed by atoms with van der Waals surface area (Å²) in [7, 11) is 0. The van der Waals surface area contributed by atoms with E-state index >= 15 is 0 Å². The first-order valence-electron chi connectivity index (χ1n) is 6.96. The zero-order valence-electron chi connectivity index (χ0n) is 11.9. The third-order valence-corrected chi connectivity index (χ3v) is 3.50. The van der Waals surface area contributed by atoms with Crippen LogP contribution in [0.25, 0.3) is 0 Å². The molecule has 1 heterocycles. The van der Waals surface area contributed by atoms with E-state index in [1.54, 1.807) is 18.2 Å². The van der Waals surface area contributed by atoms with E-state index in [1.807, 2.05) is 0 Å². The molecule has 1 atom stereocenters. The fraction of sp³-hybridized carbons (Fsp3) is 0.467. The molecule has 0 unspecified atom stereocenters. The number of hydrogen-bond donors (Lipinski definition) is 1. The van der Waals surface area contributed by atoms with Gasteiger partial charge in [0.25, 0.3) is 0 Å². The Morgan fingerprint density at radius 3 is 2.27 bits per heavy atom. The third kappa shape index (κ3) is 3.98. The van der Waals surface area contributed by atoms with E-state index in [2.05, 4.69) is 21.5 Å². The fourth-order valence-corrected chi connectivity index (χ4v) is 2.39. The van der Waals surface area contributed by atoms with E-state index in [1.165, 1.54) is 12.1 Å². The van der Waals surface area contributed by atoms with Gasteiger partial charge in [0.2, 0.25) is 0 Å². The molecule has 0 saturated carbocycles. The summed E-state index contributed by atoms with van der Waals surface area (Å²) in [4.78, 5) is 2.20. The van der Waals surface area contributed by atoms with Crippen molar-refractivity contribution in [1.82, 2.24) is 10.2 Å². The van der Waals surface area contributed by atoms with Crippen LogP contribution in [-0.2, 0) is 0 Å². The number of halogens is 4. The van der Waals surface area contributed by atoms with Gasteiger partial charge in [-0.2, -0.15) is 17.6 Å². The first-order valence-corrected chi connectivity index (χ1v) is 6.96. The quantitative estimate of drug-likeness (QED) is 0.644. The monoisotopic (exact) mass is 318 g/mol. The molecule has 0 aromatic heterocycles. The van der Waals surface area contributed by atoms with Crippen molar-refractivity contribution >= 4 is 0 Å². The minimum Gasteiger partial charge on any atom is -0.428 e. The van der Waals surface area contributed by atoms with Crippen molar-refractivity contribution in [3.05, 3.63) is 42.5 Å². The van der Waals surface area contributed by atoms with Gasteiger partial charge in [-0.25, -0.2) is 0 Å². The van der Waals surface area contributed by atoms with Gasteiger partial charge in [-0.15, -0.1) is 6.58 Å². The van der Waals surface area contributed by atoms with Crippen LogP contribution in [0.15, 0.2) is 36.9 Å². The van der Waals surface area contributed by atoms with Gasteiger partial charge in [0.1, 0.15) is 5.75 Å². The van der Waals surface area contributed by atoms with Crippen LogP contribution in [0.3, 0.4) is 0 Å². The summed E-state index contributed by atoms with van der Waals surface area (Å²) in [6, 6.07) is 5.66. The maximum Gasteiger partial charge on any atom is 0.461 e. The molecule has 1 aliphatic rings. The Bertz CT molecular complexity index is 487. The number of nitrogens with zero attached hydrogens (tertiary/aromatic N) is 1. The molecule has 0 aliphatic carbocycles. The first-order chi connectivity index (χ1) is 10.4. The number of rotatable bonds is 6. The number of alkyl halides is 4. The molecule has 0 amide bonds. The highest BCUT2D eigenvalue weighted by Gasteiger charge is 2.43. The van der Waals surface area contributed by atoms with Gasteiger partial charge in [-0.05, 0) is 17.7 Å². The molecular weight excluding hydrogens is 300 g/mol. The van der Waals surface area contributed by atoms with Crippen molar-refractivity contribution in [2.75, 3.05) is 26.2 Å². The van der Waals surface area contributed by atoms with Gasteiger partial charge in [0.05, 0.1) is 6.04 Å². The molecule has 7 heteroatoms. The van der Waals surface area contributed by atoms with E-state index < -0.39 is 12.5 Å². The Morgan fingerprint density at radius 1 is 1.18 bits per heavy atom. The topological polar surface area (TPSA) is 24.5 Å². The number of benzene rings is 1. The minimum atomic E-state index is -4.49. The second-order valence-electron chi connectivity index (χ2n) is 5.00. The van der Waals surface area contributed by atoms with E-state index in [0.29, 0.717) is 0 Å². The largest absolute Gasteiger partial charge is 0.461 e. The van der Waals surface area contributed by atoms with E-state index in [9.17, 15) is 17.6 Å². The molecule has 1 fully saturated rings. The highest BCUT2D eigenvalue weighted by atomic mass is 19.3. The lowest BCUT2D eigenvalue weighted by Gasteiger charge is -2.33. The van der Waals surface area contributed by atoms with Crippen molar-refractivity contribution in [2.45, 2.75) is 18.6 Å². The summed E-state index contributed by atoms with van der Waals surface area (Å²) in [6.45, 7) is 7.23. The molecule has 0 radical (unpaired) electrons. The summed E-state index contributed by atoms with van der Waals surface area (Å²) in [5.41, 5.74) is 0.851. The molecule has 3 nitrogen and oxygen atoms in total. The van der Waals surface area contributed by atoms with Gasteiger partial charge < -0.3 is 10.1 Å². The van der Waals surface area contributed by atoms with Crippen LogP contribution >= 0.6 is 0 Å². The van der Waals surface area contributed by atoms with Gasteiger partial charge in [0, 0.05) is 26.2 Å². The zero-order valence-corrected chi connectivity index (χ0v) is 11.9. The molecule has 1 aromatic rings. The standard InChI is InChI=1S/C15H18F4N2O/c1-2-13(21-9-7-20-8-10-21)11-3-5-12(6-4-11)22-15(18,19)14(16)17/h2-6,13-14,20H,1,7-10H2/t13-/m1/s1. The van der Waals surface area contributed by atoms with Crippen LogP contribution < -0.4 is 10.1 Å². The van der Waals surface area contributed by atoms with Crippen molar-refractivity contribution in [1.29, 1.82) is 0 Å². The Hall–Kier alpha value is -1.60. The zero-order chi connectivity index (χ0) is 16.2. The molecular formula is C15H18F4N2O. The van der Waals surface area contributed by atoms with E-state index in [4.69, 9.17) is 0 Å². The Balaban J connectivity index is 2.08. The van der Waals surface area contributed by atoms with Crippen molar-refractivity contribution in [2.24, 2.45) is 0 Å². The van der Waals surface area contributed by atoms with E-state index in [-0.39, 0.29) is 11.8 Å². The number of ether oxygens (including phenoxy) is 1. The third-order valence-electron chi connectivity index (χ3n) is 3.50. The van der Waals surface area contributed by atoms with Crippen molar-refractivity contribution < 1.29 is 22.3 Å². The average molecular weight is 318 g/mol. The SMILES string of the molecule is C=C[C@H](c1ccc(OC(F)(F)C(F)F)cc1)N1CCNCC1. The summed E-state index contributed by atoms with van der Waals surface area (Å²) >= 11 is 0. The fourth-order valence-electron chi connectivity index (χ4n) is 2.39. The summed E-state index contributed by atoms with van der Waals surface area (Å²) in [5, 5.41) is 3.24.